The minimum absolute atomic E-state index is 0.130. The van der Waals surface area contributed by atoms with Crippen LogP contribution < -0.4 is 5.32 Å². The van der Waals surface area contributed by atoms with Gasteiger partial charge in [0.15, 0.2) is 0 Å². The largest absolute Gasteiger partial charge is 0.469 e. The highest BCUT2D eigenvalue weighted by Crippen LogP contribution is 2.19. The maximum atomic E-state index is 12.0. The van der Waals surface area contributed by atoms with Crippen molar-refractivity contribution in [1.82, 2.24) is 15.1 Å². The van der Waals surface area contributed by atoms with Gasteiger partial charge in [-0.15, -0.1) is 0 Å². The Kier molecular flexibility index (Phi) is 7.79. The molecule has 0 aliphatic heterocycles. The number of carbonyl (C=O) groups excluding carboxylic acids is 2. The highest BCUT2D eigenvalue weighted by molar-refractivity contribution is 5.92. The molecule has 2 rings (SSSR count). The number of amides is 1. The van der Waals surface area contributed by atoms with Gasteiger partial charge in [0, 0.05) is 30.3 Å². The second kappa shape index (κ2) is 10.3. The zero-order chi connectivity index (χ0) is 19.6. The molecule has 2 aromatic rings. The van der Waals surface area contributed by atoms with Gasteiger partial charge in [0.2, 0.25) is 5.91 Å². The van der Waals surface area contributed by atoms with E-state index in [9.17, 15) is 9.59 Å². The molecule has 0 unspecified atom stereocenters. The van der Waals surface area contributed by atoms with Crippen LogP contribution in [-0.4, -0.2) is 35.3 Å². The lowest BCUT2D eigenvalue weighted by Gasteiger charge is -2.04. The number of para-hydroxylation sites is 1. The van der Waals surface area contributed by atoms with Crippen LogP contribution in [0.15, 0.2) is 36.4 Å². The molecule has 1 heterocycles. The van der Waals surface area contributed by atoms with Crippen molar-refractivity contribution in [1.29, 1.82) is 0 Å². The van der Waals surface area contributed by atoms with Crippen molar-refractivity contribution in [3.63, 3.8) is 0 Å². The van der Waals surface area contributed by atoms with Gasteiger partial charge in [-0.3, -0.25) is 9.59 Å². The predicted molar refractivity (Wildman–Crippen MR) is 106 cm³/mol. The molecule has 1 amide bonds. The monoisotopic (exact) mass is 369 g/mol. The number of rotatable bonds is 9. The lowest BCUT2D eigenvalue weighted by atomic mass is 10.1. The molecule has 0 bridgehead atoms. The average Bonchev–Trinajstić information content (AvgIpc) is 2.97. The van der Waals surface area contributed by atoms with E-state index in [-0.39, 0.29) is 11.9 Å². The van der Waals surface area contributed by atoms with Crippen molar-refractivity contribution < 1.29 is 14.3 Å². The van der Waals surface area contributed by atoms with Crippen LogP contribution in [0.3, 0.4) is 0 Å². The van der Waals surface area contributed by atoms with Crippen molar-refractivity contribution in [2.24, 2.45) is 0 Å². The van der Waals surface area contributed by atoms with E-state index < -0.39 is 0 Å². The Labute approximate surface area is 160 Å². The lowest BCUT2D eigenvalue weighted by Crippen LogP contribution is -2.22. The molecule has 144 valence electrons. The molecule has 0 radical (unpaired) electrons. The van der Waals surface area contributed by atoms with Crippen molar-refractivity contribution in [3.8, 4) is 5.69 Å². The summed E-state index contributed by atoms with van der Waals surface area (Å²) in [6.07, 6.45) is 6.26. The van der Waals surface area contributed by atoms with Gasteiger partial charge in [-0.05, 0) is 44.9 Å². The van der Waals surface area contributed by atoms with Crippen molar-refractivity contribution >= 4 is 18.0 Å². The molecule has 0 aliphatic rings. The van der Waals surface area contributed by atoms with Crippen LogP contribution in [0.2, 0.25) is 0 Å². The number of hydrogen-bond donors (Lipinski definition) is 1. The summed E-state index contributed by atoms with van der Waals surface area (Å²) in [5.74, 6) is -0.321. The molecule has 0 saturated carbocycles. The first-order valence-electron chi connectivity index (χ1n) is 9.17. The van der Waals surface area contributed by atoms with Gasteiger partial charge in [-0.1, -0.05) is 24.6 Å². The minimum Gasteiger partial charge on any atom is -0.469 e. The summed E-state index contributed by atoms with van der Waals surface area (Å²) >= 11 is 0. The topological polar surface area (TPSA) is 73.2 Å². The highest BCUT2D eigenvalue weighted by Gasteiger charge is 2.10. The summed E-state index contributed by atoms with van der Waals surface area (Å²) in [6.45, 7) is 4.52. The predicted octanol–water partition coefficient (Wildman–Crippen LogP) is 3.35. The third kappa shape index (κ3) is 6.09. The second-order valence-corrected chi connectivity index (χ2v) is 6.34. The number of nitrogens with zero attached hydrogens (tertiary/aromatic N) is 2. The van der Waals surface area contributed by atoms with E-state index in [0.717, 1.165) is 41.9 Å². The molecule has 6 nitrogen and oxygen atoms in total. The van der Waals surface area contributed by atoms with E-state index in [1.165, 1.54) is 7.11 Å². The molecular weight excluding hydrogens is 342 g/mol. The smallest absolute Gasteiger partial charge is 0.305 e. The molecule has 1 aromatic carbocycles. The van der Waals surface area contributed by atoms with Gasteiger partial charge in [0.05, 0.1) is 18.5 Å². The van der Waals surface area contributed by atoms with Crippen molar-refractivity contribution in [2.45, 2.75) is 39.5 Å². The maximum Gasteiger partial charge on any atom is 0.305 e. The molecule has 0 atom stereocenters. The third-order valence-corrected chi connectivity index (χ3v) is 4.33. The number of aromatic nitrogens is 2. The summed E-state index contributed by atoms with van der Waals surface area (Å²) in [4.78, 5) is 23.0. The normalized spacial score (nSPS) is 10.9. The first kappa shape index (κ1) is 20.4. The summed E-state index contributed by atoms with van der Waals surface area (Å²) < 4.78 is 6.48. The van der Waals surface area contributed by atoms with Gasteiger partial charge in [0.1, 0.15) is 0 Å². The highest BCUT2D eigenvalue weighted by atomic mass is 16.5. The molecule has 27 heavy (non-hydrogen) atoms. The van der Waals surface area contributed by atoms with Gasteiger partial charge in [-0.25, -0.2) is 4.68 Å². The minimum atomic E-state index is -0.191. The number of nitrogens with one attached hydrogen (secondary N) is 1. The molecule has 0 saturated heterocycles. The quantitative estimate of drug-likeness (QED) is 0.418. The van der Waals surface area contributed by atoms with Crippen molar-refractivity contribution in [2.75, 3.05) is 13.7 Å². The van der Waals surface area contributed by atoms with Gasteiger partial charge < -0.3 is 10.1 Å². The van der Waals surface area contributed by atoms with Crippen LogP contribution in [0.1, 0.15) is 42.6 Å². The number of unbranched alkanes of at least 4 members (excludes halogenated alkanes) is 2. The first-order valence-corrected chi connectivity index (χ1v) is 9.17. The molecule has 0 spiro atoms. The van der Waals surface area contributed by atoms with Crippen LogP contribution in [0.4, 0.5) is 0 Å². The van der Waals surface area contributed by atoms with Gasteiger partial charge in [-0.2, -0.15) is 5.10 Å². The van der Waals surface area contributed by atoms with Crippen LogP contribution in [0.5, 0.6) is 0 Å². The first-order chi connectivity index (χ1) is 13.0. The number of esters is 1. The fraction of sp³-hybridized carbons (Fsp3) is 0.381. The summed E-state index contributed by atoms with van der Waals surface area (Å²) in [5, 5.41) is 7.43. The van der Waals surface area contributed by atoms with E-state index in [4.69, 9.17) is 0 Å². The number of benzene rings is 1. The summed E-state index contributed by atoms with van der Waals surface area (Å²) in [5.41, 5.74) is 3.81. The molecule has 0 fully saturated rings. The average molecular weight is 369 g/mol. The summed E-state index contributed by atoms with van der Waals surface area (Å²) in [6, 6.07) is 9.91. The maximum absolute atomic E-state index is 12.0. The second-order valence-electron chi connectivity index (χ2n) is 6.34. The molecule has 0 aliphatic carbocycles. The lowest BCUT2D eigenvalue weighted by molar-refractivity contribution is -0.140. The third-order valence-electron chi connectivity index (χ3n) is 4.33. The number of ether oxygens (including phenoxy) is 1. The van der Waals surface area contributed by atoms with E-state index in [0.29, 0.717) is 13.0 Å². The number of carbonyl (C=O) groups is 2. The van der Waals surface area contributed by atoms with Crippen LogP contribution in [0.25, 0.3) is 11.8 Å². The Hall–Kier alpha value is -2.89. The Bertz CT molecular complexity index is 795. The number of hydrogen-bond acceptors (Lipinski definition) is 4. The Morgan fingerprint density at radius 3 is 2.59 bits per heavy atom. The van der Waals surface area contributed by atoms with E-state index in [1.54, 1.807) is 6.08 Å². The molecule has 1 N–H and O–H groups in total. The zero-order valence-electron chi connectivity index (χ0n) is 16.2. The van der Waals surface area contributed by atoms with E-state index in [2.05, 4.69) is 15.2 Å². The van der Waals surface area contributed by atoms with Crippen LogP contribution in [-0.2, 0) is 14.3 Å². The zero-order valence-corrected chi connectivity index (χ0v) is 16.2. The fourth-order valence-electron chi connectivity index (χ4n) is 2.82. The van der Waals surface area contributed by atoms with E-state index in [1.807, 2.05) is 54.9 Å². The SMILES string of the molecule is COC(=O)CCCCCNC(=O)/C=C/c1c(C)nn(-c2ccccc2)c1C. The number of methoxy groups -OCH3 is 1. The van der Waals surface area contributed by atoms with Gasteiger partial charge in [0.25, 0.3) is 0 Å². The fourth-order valence-corrected chi connectivity index (χ4v) is 2.82. The summed E-state index contributed by atoms with van der Waals surface area (Å²) in [7, 11) is 1.39. The van der Waals surface area contributed by atoms with E-state index >= 15 is 0 Å². The number of aryl methyl sites for hydroxylation is 1. The van der Waals surface area contributed by atoms with Crippen LogP contribution in [0, 0.1) is 13.8 Å². The Morgan fingerprint density at radius 2 is 1.89 bits per heavy atom. The molecular formula is C21H27N3O3. The Morgan fingerprint density at radius 1 is 1.15 bits per heavy atom. The van der Waals surface area contributed by atoms with Crippen molar-refractivity contribution in [3.05, 3.63) is 53.4 Å². The van der Waals surface area contributed by atoms with Crippen LogP contribution >= 0.6 is 0 Å². The standard InChI is InChI=1S/C21H27N3O3/c1-16-19(17(2)24(23-16)18-10-6-4-7-11-18)13-14-20(25)22-15-9-5-8-12-21(26)27-3/h4,6-7,10-11,13-14H,5,8-9,12,15H2,1-3H3,(H,22,25)/b14-13+. The molecule has 1 aromatic heterocycles. The molecule has 6 heteroatoms. The Balaban J connectivity index is 1.84. The van der Waals surface area contributed by atoms with Gasteiger partial charge >= 0.3 is 5.97 Å².